The fraction of sp³-hybridized carbons (Fsp3) is 0.211. The van der Waals surface area contributed by atoms with E-state index in [1.54, 1.807) is 4.68 Å². The molecule has 0 radical (unpaired) electrons. The van der Waals surface area contributed by atoms with Crippen LogP contribution in [0.5, 0.6) is 0 Å². The summed E-state index contributed by atoms with van der Waals surface area (Å²) in [4.78, 5) is 0. The Hall–Kier alpha value is -2.93. The Morgan fingerprint density at radius 1 is 0.870 bits per heavy atom. The number of nitrogens with zero attached hydrogens (tertiary/aromatic N) is 4. The van der Waals surface area contributed by atoms with E-state index in [1.165, 1.54) is 22.3 Å². The van der Waals surface area contributed by atoms with Crippen LogP contribution in [0.4, 0.5) is 0 Å². The fourth-order valence-corrected chi connectivity index (χ4v) is 2.54. The van der Waals surface area contributed by atoms with E-state index in [0.717, 1.165) is 16.9 Å². The summed E-state index contributed by atoms with van der Waals surface area (Å²) in [6, 6.07) is 14.4. The summed E-state index contributed by atoms with van der Waals surface area (Å²) < 4.78 is 1.75. The van der Waals surface area contributed by atoms with E-state index in [9.17, 15) is 5.26 Å². The van der Waals surface area contributed by atoms with Crippen LogP contribution in [0, 0.1) is 39.0 Å². The summed E-state index contributed by atoms with van der Waals surface area (Å²) in [5.74, 6) is 0. The fourth-order valence-electron chi connectivity index (χ4n) is 2.54. The van der Waals surface area contributed by atoms with Gasteiger partial charge in [-0.2, -0.15) is 5.26 Å². The van der Waals surface area contributed by atoms with Crippen LogP contribution in [-0.2, 0) is 0 Å². The van der Waals surface area contributed by atoms with Gasteiger partial charge >= 0.3 is 0 Å². The van der Waals surface area contributed by atoms with Gasteiger partial charge in [0.25, 0.3) is 0 Å². The highest BCUT2D eigenvalue weighted by Gasteiger charge is 2.17. The average Bonchev–Trinajstić information content (AvgIpc) is 2.96. The van der Waals surface area contributed by atoms with E-state index in [1.807, 2.05) is 12.1 Å². The number of aryl methyl sites for hydroxylation is 4. The second kappa shape index (κ2) is 5.69. The summed E-state index contributed by atoms with van der Waals surface area (Å²) >= 11 is 0. The number of benzene rings is 2. The minimum Gasteiger partial charge on any atom is -0.211 e. The van der Waals surface area contributed by atoms with Crippen LogP contribution in [0.25, 0.3) is 16.9 Å². The number of rotatable bonds is 2. The molecule has 0 spiro atoms. The molecule has 2 aromatic carbocycles. The lowest BCUT2D eigenvalue weighted by Gasteiger charge is -2.10. The normalized spacial score (nSPS) is 10.6. The van der Waals surface area contributed by atoms with E-state index in [-0.39, 0.29) is 0 Å². The minimum atomic E-state index is 0.339. The van der Waals surface area contributed by atoms with Gasteiger partial charge in [0.2, 0.25) is 0 Å². The van der Waals surface area contributed by atoms with Gasteiger partial charge in [-0.05, 0) is 68.1 Å². The van der Waals surface area contributed by atoms with E-state index < -0.39 is 0 Å². The molecule has 23 heavy (non-hydrogen) atoms. The molecule has 0 aliphatic carbocycles. The Morgan fingerprint density at radius 2 is 1.52 bits per heavy atom. The van der Waals surface area contributed by atoms with Gasteiger partial charge in [-0.1, -0.05) is 23.4 Å². The number of hydrogen-bond donors (Lipinski definition) is 0. The van der Waals surface area contributed by atoms with E-state index in [0.29, 0.717) is 5.69 Å². The van der Waals surface area contributed by atoms with E-state index in [4.69, 9.17) is 0 Å². The maximum atomic E-state index is 9.40. The molecule has 4 heteroatoms. The van der Waals surface area contributed by atoms with Crippen molar-refractivity contribution in [1.29, 1.82) is 5.26 Å². The molecule has 1 heterocycles. The van der Waals surface area contributed by atoms with E-state index in [2.05, 4.69) is 68.3 Å². The quantitative estimate of drug-likeness (QED) is 0.718. The topological polar surface area (TPSA) is 54.5 Å². The van der Waals surface area contributed by atoms with Crippen molar-refractivity contribution in [3.05, 3.63) is 64.3 Å². The predicted octanol–water partition coefficient (Wildman–Crippen LogP) is 4.04. The molecular formula is C19H18N4. The van der Waals surface area contributed by atoms with Crippen molar-refractivity contribution in [2.75, 3.05) is 0 Å². The monoisotopic (exact) mass is 302 g/mol. The highest BCUT2D eigenvalue weighted by molar-refractivity contribution is 5.68. The van der Waals surface area contributed by atoms with Gasteiger partial charge in [-0.15, -0.1) is 5.10 Å². The molecule has 0 bridgehead atoms. The average molecular weight is 302 g/mol. The second-order valence-electron chi connectivity index (χ2n) is 5.88. The molecule has 1 aromatic heterocycles. The first-order valence-corrected chi connectivity index (χ1v) is 7.52. The van der Waals surface area contributed by atoms with Crippen molar-refractivity contribution < 1.29 is 0 Å². The number of nitriles is 1. The molecule has 0 unspecified atom stereocenters. The molecule has 0 fully saturated rings. The molecule has 0 aliphatic rings. The molecule has 3 rings (SSSR count). The van der Waals surface area contributed by atoms with Crippen molar-refractivity contribution in [3.63, 3.8) is 0 Å². The van der Waals surface area contributed by atoms with Crippen molar-refractivity contribution >= 4 is 0 Å². The Labute approximate surface area is 136 Å². The van der Waals surface area contributed by atoms with Crippen LogP contribution in [0.1, 0.15) is 27.9 Å². The third kappa shape index (κ3) is 2.62. The first-order valence-electron chi connectivity index (χ1n) is 7.52. The molecule has 0 amide bonds. The van der Waals surface area contributed by atoms with Crippen molar-refractivity contribution in [2.24, 2.45) is 0 Å². The van der Waals surface area contributed by atoms with Gasteiger partial charge in [-0.3, -0.25) is 0 Å². The number of aromatic nitrogens is 3. The lowest BCUT2D eigenvalue weighted by atomic mass is 10.0. The molecule has 0 saturated carbocycles. The summed E-state index contributed by atoms with van der Waals surface area (Å²) in [5, 5.41) is 17.6. The zero-order chi connectivity index (χ0) is 16.6. The van der Waals surface area contributed by atoms with Crippen LogP contribution in [0.2, 0.25) is 0 Å². The van der Waals surface area contributed by atoms with Gasteiger partial charge in [0, 0.05) is 5.56 Å². The first kappa shape index (κ1) is 15.0. The van der Waals surface area contributed by atoms with Gasteiger partial charge in [0.05, 0.1) is 5.69 Å². The largest absolute Gasteiger partial charge is 0.211 e. The predicted molar refractivity (Wildman–Crippen MR) is 90.5 cm³/mol. The van der Waals surface area contributed by atoms with Crippen molar-refractivity contribution in [3.8, 4) is 23.0 Å². The van der Waals surface area contributed by atoms with Gasteiger partial charge in [0.1, 0.15) is 11.8 Å². The molecule has 0 N–H and O–H groups in total. The van der Waals surface area contributed by atoms with Crippen molar-refractivity contribution in [2.45, 2.75) is 27.7 Å². The third-order valence-electron chi connectivity index (χ3n) is 4.29. The zero-order valence-corrected chi connectivity index (χ0v) is 13.8. The Morgan fingerprint density at radius 3 is 2.13 bits per heavy atom. The molecular weight excluding hydrogens is 284 g/mol. The summed E-state index contributed by atoms with van der Waals surface area (Å²) in [7, 11) is 0. The van der Waals surface area contributed by atoms with Gasteiger partial charge in [0.15, 0.2) is 5.69 Å². The Kier molecular flexibility index (Phi) is 3.71. The van der Waals surface area contributed by atoms with Gasteiger partial charge < -0.3 is 0 Å². The highest BCUT2D eigenvalue weighted by Crippen LogP contribution is 2.27. The van der Waals surface area contributed by atoms with Crippen LogP contribution in [0.15, 0.2) is 36.4 Å². The SMILES string of the molecule is Cc1ccc(-c2c(C#N)nnn2-c2ccc(C)c(C)c2)cc1C. The summed E-state index contributed by atoms with van der Waals surface area (Å²) in [5.41, 5.74) is 7.75. The van der Waals surface area contributed by atoms with Crippen LogP contribution in [0.3, 0.4) is 0 Å². The van der Waals surface area contributed by atoms with E-state index >= 15 is 0 Å². The molecule has 0 saturated heterocycles. The van der Waals surface area contributed by atoms with Gasteiger partial charge in [-0.25, -0.2) is 4.68 Å². The molecule has 4 nitrogen and oxygen atoms in total. The Balaban J connectivity index is 2.23. The lowest BCUT2D eigenvalue weighted by Crippen LogP contribution is -2.01. The van der Waals surface area contributed by atoms with Crippen LogP contribution >= 0.6 is 0 Å². The summed E-state index contributed by atoms with van der Waals surface area (Å²) in [6.45, 7) is 8.28. The van der Waals surface area contributed by atoms with Crippen LogP contribution in [-0.4, -0.2) is 15.0 Å². The maximum Gasteiger partial charge on any atom is 0.191 e. The standard InChI is InChI=1S/C19H18N4/c1-12-5-7-16(9-14(12)3)19-18(11-20)21-22-23(19)17-8-6-13(2)15(4)10-17/h5-10H,1-4H3. The molecule has 114 valence electrons. The zero-order valence-electron chi connectivity index (χ0n) is 13.8. The molecule has 0 aliphatic heterocycles. The third-order valence-corrected chi connectivity index (χ3v) is 4.29. The van der Waals surface area contributed by atoms with Crippen LogP contribution < -0.4 is 0 Å². The second-order valence-corrected chi connectivity index (χ2v) is 5.88. The minimum absolute atomic E-state index is 0.339. The lowest BCUT2D eigenvalue weighted by molar-refractivity contribution is 0.805. The smallest absolute Gasteiger partial charge is 0.191 e. The van der Waals surface area contributed by atoms with Crippen molar-refractivity contribution in [1.82, 2.24) is 15.0 Å². The molecule has 0 atom stereocenters. The maximum absolute atomic E-state index is 9.40. The molecule has 3 aromatic rings. The first-order chi connectivity index (χ1) is 11.0. The summed E-state index contributed by atoms with van der Waals surface area (Å²) in [6.07, 6.45) is 0. The Bertz CT molecular complexity index is 929. The highest BCUT2D eigenvalue weighted by atomic mass is 15.4. The number of hydrogen-bond acceptors (Lipinski definition) is 3.